The molecule has 1 fully saturated rings. The summed E-state index contributed by atoms with van der Waals surface area (Å²) in [4.78, 5) is 39.3. The van der Waals surface area contributed by atoms with Crippen molar-refractivity contribution in [2.24, 2.45) is 5.92 Å². The van der Waals surface area contributed by atoms with E-state index in [2.05, 4.69) is 16.3 Å². The van der Waals surface area contributed by atoms with Gasteiger partial charge in [-0.25, -0.2) is 14.8 Å². The van der Waals surface area contributed by atoms with Gasteiger partial charge in [0.2, 0.25) is 0 Å². The standard InChI is InChI=1S/C29H30N6O3/c1-2-38-28(36)22-11-14-34(15-12-22)27-24-19-35(29(37)31-23-10-6-7-20(17-23)18-30)16-13-25(24)32-26(33-27)21-8-4-3-5-9-21/h3-10,17,22H,2,11-16,19H2,1H3,(H,31,37). The van der Waals surface area contributed by atoms with Crippen LogP contribution < -0.4 is 10.2 Å². The molecule has 0 spiro atoms. The summed E-state index contributed by atoms with van der Waals surface area (Å²) in [6, 6.07) is 18.6. The molecule has 0 atom stereocenters. The zero-order valence-electron chi connectivity index (χ0n) is 21.4. The van der Waals surface area contributed by atoms with E-state index in [0.29, 0.717) is 69.1 Å². The van der Waals surface area contributed by atoms with E-state index in [1.807, 2.05) is 37.3 Å². The van der Waals surface area contributed by atoms with Crippen LogP contribution >= 0.6 is 0 Å². The summed E-state index contributed by atoms with van der Waals surface area (Å²) in [5.41, 5.74) is 3.89. The number of carbonyl (C=O) groups is 2. The number of amides is 2. The third-order valence-corrected chi connectivity index (χ3v) is 7.01. The predicted molar refractivity (Wildman–Crippen MR) is 143 cm³/mol. The minimum atomic E-state index is -0.232. The van der Waals surface area contributed by atoms with E-state index in [1.165, 1.54) is 0 Å². The molecule has 3 aromatic rings. The zero-order chi connectivity index (χ0) is 26.5. The Bertz CT molecular complexity index is 1360. The number of aromatic nitrogens is 2. The van der Waals surface area contributed by atoms with Gasteiger partial charge in [-0.3, -0.25) is 4.79 Å². The van der Waals surface area contributed by atoms with Gasteiger partial charge in [-0.15, -0.1) is 0 Å². The molecule has 0 unspecified atom stereocenters. The molecule has 2 aromatic carbocycles. The third-order valence-electron chi connectivity index (χ3n) is 7.01. The van der Waals surface area contributed by atoms with Gasteiger partial charge in [0.05, 0.1) is 36.4 Å². The molecule has 0 bridgehead atoms. The summed E-state index contributed by atoms with van der Waals surface area (Å²) in [6.07, 6.45) is 1.99. The van der Waals surface area contributed by atoms with Gasteiger partial charge < -0.3 is 19.9 Å². The molecule has 5 rings (SSSR count). The number of nitriles is 1. The Morgan fingerprint density at radius 3 is 2.61 bits per heavy atom. The molecule has 1 aromatic heterocycles. The van der Waals surface area contributed by atoms with Crippen LogP contribution in [0.4, 0.5) is 16.3 Å². The van der Waals surface area contributed by atoms with Crippen LogP contribution in [0.2, 0.25) is 0 Å². The number of piperidine rings is 1. The van der Waals surface area contributed by atoms with Gasteiger partial charge in [-0.05, 0) is 38.0 Å². The highest BCUT2D eigenvalue weighted by molar-refractivity contribution is 5.89. The first kappa shape index (κ1) is 25.2. The van der Waals surface area contributed by atoms with E-state index in [0.717, 1.165) is 22.6 Å². The van der Waals surface area contributed by atoms with E-state index in [1.54, 1.807) is 29.2 Å². The van der Waals surface area contributed by atoms with E-state index in [9.17, 15) is 9.59 Å². The lowest BCUT2D eigenvalue weighted by Gasteiger charge is -2.36. The number of nitrogens with one attached hydrogen (secondary N) is 1. The van der Waals surface area contributed by atoms with Crippen molar-refractivity contribution in [3.63, 3.8) is 0 Å². The minimum Gasteiger partial charge on any atom is -0.466 e. The Hall–Kier alpha value is -4.45. The molecular formula is C29H30N6O3. The molecule has 3 heterocycles. The van der Waals surface area contributed by atoms with Gasteiger partial charge in [0, 0.05) is 42.9 Å². The maximum atomic E-state index is 13.2. The number of carbonyl (C=O) groups excluding carboxylic acids is 2. The van der Waals surface area contributed by atoms with Crippen LogP contribution in [0, 0.1) is 17.2 Å². The highest BCUT2D eigenvalue weighted by atomic mass is 16.5. The summed E-state index contributed by atoms with van der Waals surface area (Å²) < 4.78 is 5.24. The van der Waals surface area contributed by atoms with Crippen LogP contribution in [0.3, 0.4) is 0 Å². The zero-order valence-corrected chi connectivity index (χ0v) is 21.4. The molecule has 0 saturated carbocycles. The molecule has 2 aliphatic heterocycles. The van der Waals surface area contributed by atoms with Crippen LogP contribution in [-0.4, -0.2) is 53.1 Å². The lowest BCUT2D eigenvalue weighted by molar-refractivity contribution is -0.148. The molecule has 9 heteroatoms. The fourth-order valence-corrected chi connectivity index (χ4v) is 5.00. The van der Waals surface area contributed by atoms with Crippen molar-refractivity contribution in [2.45, 2.75) is 32.7 Å². The molecule has 38 heavy (non-hydrogen) atoms. The van der Waals surface area contributed by atoms with Crippen LogP contribution in [0.5, 0.6) is 0 Å². The lowest BCUT2D eigenvalue weighted by Crippen LogP contribution is -2.42. The predicted octanol–water partition coefficient (Wildman–Crippen LogP) is 4.38. The number of ether oxygens (including phenoxy) is 1. The summed E-state index contributed by atoms with van der Waals surface area (Å²) >= 11 is 0. The van der Waals surface area contributed by atoms with Crippen molar-refractivity contribution in [1.29, 1.82) is 5.26 Å². The molecule has 1 N–H and O–H groups in total. The second kappa shape index (κ2) is 11.3. The largest absolute Gasteiger partial charge is 0.466 e. The topological polar surface area (TPSA) is 111 Å². The van der Waals surface area contributed by atoms with E-state index in [-0.39, 0.29) is 17.9 Å². The second-order valence-electron chi connectivity index (χ2n) is 9.47. The maximum absolute atomic E-state index is 13.2. The Morgan fingerprint density at radius 2 is 1.87 bits per heavy atom. The number of esters is 1. The first-order chi connectivity index (χ1) is 18.6. The number of hydrogen-bond acceptors (Lipinski definition) is 7. The van der Waals surface area contributed by atoms with Crippen LogP contribution in [0.25, 0.3) is 11.4 Å². The first-order valence-electron chi connectivity index (χ1n) is 13.0. The van der Waals surface area contributed by atoms with Gasteiger partial charge in [0.1, 0.15) is 5.82 Å². The number of fused-ring (bicyclic) bond motifs is 1. The monoisotopic (exact) mass is 510 g/mol. The highest BCUT2D eigenvalue weighted by Gasteiger charge is 2.31. The fourth-order valence-electron chi connectivity index (χ4n) is 5.00. The Balaban J connectivity index is 1.41. The lowest BCUT2D eigenvalue weighted by atomic mass is 9.96. The SMILES string of the molecule is CCOC(=O)C1CCN(c2nc(-c3ccccc3)nc3c2CN(C(=O)Nc2cccc(C#N)c2)CC3)CC1. The van der Waals surface area contributed by atoms with Crippen molar-refractivity contribution in [3.05, 3.63) is 71.4 Å². The van der Waals surface area contributed by atoms with Crippen molar-refractivity contribution in [2.75, 3.05) is 36.5 Å². The summed E-state index contributed by atoms with van der Waals surface area (Å²) in [5, 5.41) is 12.1. The van der Waals surface area contributed by atoms with Gasteiger partial charge in [0.25, 0.3) is 0 Å². The van der Waals surface area contributed by atoms with Gasteiger partial charge in [-0.2, -0.15) is 5.26 Å². The number of benzene rings is 2. The molecule has 194 valence electrons. The second-order valence-corrected chi connectivity index (χ2v) is 9.47. The van der Waals surface area contributed by atoms with Crippen LogP contribution in [-0.2, 0) is 22.5 Å². The number of hydrogen-bond donors (Lipinski definition) is 1. The fraction of sp³-hybridized carbons (Fsp3) is 0.345. The summed E-state index contributed by atoms with van der Waals surface area (Å²) in [5.74, 6) is 1.24. The Kier molecular flexibility index (Phi) is 7.50. The molecule has 9 nitrogen and oxygen atoms in total. The molecule has 0 radical (unpaired) electrons. The molecule has 0 aliphatic carbocycles. The number of anilines is 2. The molecule has 1 saturated heterocycles. The van der Waals surface area contributed by atoms with E-state index < -0.39 is 0 Å². The van der Waals surface area contributed by atoms with Crippen molar-refractivity contribution < 1.29 is 14.3 Å². The molecule has 2 aliphatic rings. The van der Waals surface area contributed by atoms with Crippen molar-refractivity contribution >= 4 is 23.5 Å². The number of nitrogens with zero attached hydrogens (tertiary/aromatic N) is 5. The van der Waals surface area contributed by atoms with Crippen molar-refractivity contribution in [1.82, 2.24) is 14.9 Å². The van der Waals surface area contributed by atoms with Crippen LogP contribution in [0.1, 0.15) is 36.6 Å². The van der Waals surface area contributed by atoms with Gasteiger partial charge in [0.15, 0.2) is 5.82 Å². The van der Waals surface area contributed by atoms with E-state index in [4.69, 9.17) is 20.0 Å². The third kappa shape index (κ3) is 5.44. The van der Waals surface area contributed by atoms with Crippen molar-refractivity contribution in [3.8, 4) is 17.5 Å². The van der Waals surface area contributed by atoms with Gasteiger partial charge in [-0.1, -0.05) is 36.4 Å². The normalized spacial score (nSPS) is 15.4. The molecule has 2 amide bonds. The van der Waals surface area contributed by atoms with E-state index >= 15 is 0 Å². The maximum Gasteiger partial charge on any atom is 0.322 e. The minimum absolute atomic E-state index is 0.107. The summed E-state index contributed by atoms with van der Waals surface area (Å²) in [7, 11) is 0. The summed E-state index contributed by atoms with van der Waals surface area (Å²) in [6.45, 7) is 4.46. The smallest absolute Gasteiger partial charge is 0.322 e. The average molecular weight is 511 g/mol. The Labute approximate surface area is 222 Å². The average Bonchev–Trinajstić information content (AvgIpc) is 2.97. The van der Waals surface area contributed by atoms with Crippen LogP contribution in [0.15, 0.2) is 54.6 Å². The number of urea groups is 1. The number of rotatable bonds is 5. The quantitative estimate of drug-likeness (QED) is 0.507. The Morgan fingerprint density at radius 1 is 1.08 bits per heavy atom. The first-order valence-corrected chi connectivity index (χ1v) is 13.0. The highest BCUT2D eigenvalue weighted by Crippen LogP contribution is 2.32. The molecular weight excluding hydrogens is 480 g/mol. The van der Waals surface area contributed by atoms with Gasteiger partial charge >= 0.3 is 12.0 Å².